The fraction of sp³-hybridized carbons (Fsp3) is 0.471. The van der Waals surface area contributed by atoms with Gasteiger partial charge in [0.1, 0.15) is 5.82 Å². The van der Waals surface area contributed by atoms with Gasteiger partial charge in [0.25, 0.3) is 0 Å². The van der Waals surface area contributed by atoms with Gasteiger partial charge in [-0.05, 0) is 44.6 Å². The fourth-order valence-corrected chi connectivity index (χ4v) is 3.63. The first-order chi connectivity index (χ1) is 12.1. The number of pyridine rings is 1. The fourth-order valence-electron chi connectivity index (χ4n) is 2.93. The van der Waals surface area contributed by atoms with Crippen LogP contribution in [0.3, 0.4) is 0 Å². The van der Waals surface area contributed by atoms with Crippen molar-refractivity contribution in [3.05, 3.63) is 35.5 Å². The van der Waals surface area contributed by atoms with Crippen molar-refractivity contribution >= 4 is 28.3 Å². The lowest BCUT2D eigenvalue weighted by molar-refractivity contribution is 0.246. The van der Waals surface area contributed by atoms with Crippen LogP contribution in [0.4, 0.5) is 15.7 Å². The minimum absolute atomic E-state index is 0.182. The van der Waals surface area contributed by atoms with Crippen LogP contribution in [0.5, 0.6) is 0 Å². The number of aromatic nitrogens is 2. The van der Waals surface area contributed by atoms with Crippen molar-refractivity contribution < 1.29 is 4.79 Å². The van der Waals surface area contributed by atoms with Crippen LogP contribution < -0.4 is 15.5 Å². The number of urea groups is 1. The summed E-state index contributed by atoms with van der Waals surface area (Å²) in [5.74, 6) is 0.581. The van der Waals surface area contributed by atoms with Crippen LogP contribution in [0.25, 0.3) is 0 Å². The predicted molar refractivity (Wildman–Crippen MR) is 101 cm³/mol. The summed E-state index contributed by atoms with van der Waals surface area (Å²) in [5.41, 5.74) is 1.12. The summed E-state index contributed by atoms with van der Waals surface area (Å²) in [7, 11) is 4.02. The Labute approximate surface area is 152 Å². The van der Waals surface area contributed by atoms with E-state index in [-0.39, 0.29) is 12.1 Å². The van der Waals surface area contributed by atoms with Gasteiger partial charge in [-0.15, -0.1) is 11.3 Å². The lowest BCUT2D eigenvalue weighted by atomic mass is 10.1. The van der Waals surface area contributed by atoms with E-state index in [9.17, 15) is 4.79 Å². The van der Waals surface area contributed by atoms with Crippen molar-refractivity contribution in [1.29, 1.82) is 0 Å². The zero-order valence-electron chi connectivity index (χ0n) is 14.6. The van der Waals surface area contributed by atoms with Crippen molar-refractivity contribution in [3.63, 3.8) is 0 Å². The van der Waals surface area contributed by atoms with Crippen LogP contribution in [0.2, 0.25) is 0 Å². The topological polar surface area (TPSA) is 73.4 Å². The Morgan fingerprint density at radius 3 is 2.80 bits per heavy atom. The molecular formula is C17H24N6OS. The second-order valence-electron chi connectivity index (χ2n) is 6.46. The second-order valence-corrected chi connectivity index (χ2v) is 7.33. The number of thiazole rings is 1. The maximum absolute atomic E-state index is 12.2. The third-order valence-corrected chi connectivity index (χ3v) is 4.92. The standard InChI is InChI=1S/C17H24N6OS/c1-22(2)12-13-3-6-18-15(11-13)21-16(24)20-14-4-8-23(9-5-14)17-19-7-10-25-17/h3,6-7,10-11,14H,4-5,8-9,12H2,1-2H3,(H2,18,20,21,24). The molecule has 8 heteroatoms. The molecule has 25 heavy (non-hydrogen) atoms. The molecule has 2 aromatic heterocycles. The summed E-state index contributed by atoms with van der Waals surface area (Å²) in [6, 6.07) is 3.85. The van der Waals surface area contributed by atoms with Gasteiger partial charge in [-0.2, -0.15) is 0 Å². The quantitative estimate of drug-likeness (QED) is 0.856. The number of nitrogens with one attached hydrogen (secondary N) is 2. The molecule has 3 rings (SSSR count). The first-order valence-electron chi connectivity index (χ1n) is 8.42. The number of piperidine rings is 1. The number of rotatable bonds is 5. The SMILES string of the molecule is CN(C)Cc1ccnc(NC(=O)NC2CCN(c3nccs3)CC2)c1. The summed E-state index contributed by atoms with van der Waals surface area (Å²) in [5, 5.41) is 8.94. The van der Waals surface area contributed by atoms with Crippen molar-refractivity contribution in [2.75, 3.05) is 37.4 Å². The molecule has 0 spiro atoms. The number of hydrogen-bond acceptors (Lipinski definition) is 6. The van der Waals surface area contributed by atoms with Crippen LogP contribution in [-0.4, -0.2) is 54.1 Å². The number of hydrogen-bond donors (Lipinski definition) is 2. The Bertz CT molecular complexity index is 682. The lowest BCUT2D eigenvalue weighted by Gasteiger charge is -2.32. The average Bonchev–Trinajstić information content (AvgIpc) is 3.09. The van der Waals surface area contributed by atoms with Crippen molar-refractivity contribution in [3.8, 4) is 0 Å². The first-order valence-corrected chi connectivity index (χ1v) is 9.30. The van der Waals surface area contributed by atoms with Gasteiger partial charge < -0.3 is 15.1 Å². The third-order valence-electron chi connectivity index (χ3n) is 4.08. The van der Waals surface area contributed by atoms with E-state index in [1.807, 2.05) is 37.8 Å². The van der Waals surface area contributed by atoms with E-state index >= 15 is 0 Å². The molecule has 0 saturated carbocycles. The van der Waals surface area contributed by atoms with Gasteiger partial charge in [-0.25, -0.2) is 14.8 Å². The number of anilines is 2. The smallest absolute Gasteiger partial charge is 0.320 e. The van der Waals surface area contributed by atoms with Crippen molar-refractivity contribution in [2.45, 2.75) is 25.4 Å². The number of nitrogens with zero attached hydrogens (tertiary/aromatic N) is 4. The number of amides is 2. The molecule has 0 aromatic carbocycles. The van der Waals surface area contributed by atoms with E-state index in [1.165, 1.54) is 0 Å². The molecule has 1 aliphatic heterocycles. The van der Waals surface area contributed by atoms with Crippen LogP contribution >= 0.6 is 11.3 Å². The number of carbonyl (C=O) groups excluding carboxylic acids is 1. The van der Waals surface area contributed by atoms with Crippen molar-refractivity contribution in [2.24, 2.45) is 0 Å². The summed E-state index contributed by atoms with van der Waals surface area (Å²) in [6.45, 7) is 2.64. The highest BCUT2D eigenvalue weighted by molar-refractivity contribution is 7.13. The molecule has 2 amide bonds. The maximum atomic E-state index is 12.2. The van der Waals surface area contributed by atoms with Crippen LogP contribution in [-0.2, 0) is 6.54 Å². The highest BCUT2D eigenvalue weighted by Crippen LogP contribution is 2.22. The third kappa shape index (κ3) is 5.14. The van der Waals surface area contributed by atoms with Gasteiger partial charge in [0.05, 0.1) is 0 Å². The minimum atomic E-state index is -0.192. The molecule has 2 aromatic rings. The maximum Gasteiger partial charge on any atom is 0.320 e. The normalized spacial score (nSPS) is 15.4. The van der Waals surface area contributed by atoms with E-state index in [4.69, 9.17) is 0 Å². The zero-order chi connectivity index (χ0) is 17.6. The van der Waals surface area contributed by atoms with Gasteiger partial charge in [0.15, 0.2) is 5.13 Å². The molecule has 1 saturated heterocycles. The van der Waals surface area contributed by atoms with E-state index in [2.05, 4.69) is 30.4 Å². The Morgan fingerprint density at radius 2 is 2.12 bits per heavy atom. The van der Waals surface area contributed by atoms with Gasteiger partial charge in [0, 0.05) is 43.4 Å². The molecule has 1 aliphatic rings. The Morgan fingerprint density at radius 1 is 1.32 bits per heavy atom. The monoisotopic (exact) mass is 360 g/mol. The van der Waals surface area contributed by atoms with E-state index in [0.29, 0.717) is 5.82 Å². The summed E-state index contributed by atoms with van der Waals surface area (Å²) < 4.78 is 0. The Hall–Kier alpha value is -2.19. The van der Waals surface area contributed by atoms with Gasteiger partial charge >= 0.3 is 6.03 Å². The van der Waals surface area contributed by atoms with Crippen LogP contribution in [0, 0.1) is 0 Å². The van der Waals surface area contributed by atoms with Gasteiger partial charge in [-0.1, -0.05) is 0 Å². The highest BCUT2D eigenvalue weighted by atomic mass is 32.1. The molecule has 0 aliphatic carbocycles. The average molecular weight is 360 g/mol. The molecule has 134 valence electrons. The lowest BCUT2D eigenvalue weighted by Crippen LogP contribution is -2.46. The molecule has 7 nitrogen and oxygen atoms in total. The molecular weight excluding hydrogens is 336 g/mol. The van der Waals surface area contributed by atoms with E-state index < -0.39 is 0 Å². The molecule has 0 radical (unpaired) electrons. The second kappa shape index (κ2) is 8.26. The minimum Gasteiger partial charge on any atom is -0.348 e. The Balaban J connectivity index is 1.47. The first kappa shape index (κ1) is 17.6. The Kier molecular flexibility index (Phi) is 5.83. The van der Waals surface area contributed by atoms with Crippen LogP contribution in [0.15, 0.2) is 29.9 Å². The molecule has 0 unspecified atom stereocenters. The molecule has 0 bridgehead atoms. The molecule has 2 N–H and O–H groups in total. The van der Waals surface area contributed by atoms with E-state index in [0.717, 1.165) is 43.2 Å². The van der Waals surface area contributed by atoms with Crippen molar-refractivity contribution in [1.82, 2.24) is 20.2 Å². The highest BCUT2D eigenvalue weighted by Gasteiger charge is 2.22. The van der Waals surface area contributed by atoms with Crippen LogP contribution in [0.1, 0.15) is 18.4 Å². The zero-order valence-corrected chi connectivity index (χ0v) is 15.4. The van der Waals surface area contributed by atoms with Gasteiger partial charge in [0.2, 0.25) is 0 Å². The molecule has 3 heterocycles. The predicted octanol–water partition coefficient (Wildman–Crippen LogP) is 2.39. The molecule has 1 fully saturated rings. The molecule has 0 atom stereocenters. The van der Waals surface area contributed by atoms with E-state index in [1.54, 1.807) is 17.5 Å². The largest absolute Gasteiger partial charge is 0.348 e. The number of carbonyl (C=O) groups is 1. The van der Waals surface area contributed by atoms with Gasteiger partial charge in [-0.3, -0.25) is 5.32 Å². The summed E-state index contributed by atoms with van der Waals surface area (Å²) in [6.07, 6.45) is 5.39. The summed E-state index contributed by atoms with van der Waals surface area (Å²) in [4.78, 5) is 25.1. The summed E-state index contributed by atoms with van der Waals surface area (Å²) >= 11 is 1.66.